The molecular weight excluding hydrogens is 306 g/mol. The van der Waals surface area contributed by atoms with Gasteiger partial charge in [0.05, 0.1) is 12.2 Å². The van der Waals surface area contributed by atoms with Crippen molar-refractivity contribution in [3.63, 3.8) is 0 Å². The Morgan fingerprint density at radius 3 is 2.68 bits per heavy atom. The molecule has 0 aliphatic heterocycles. The van der Waals surface area contributed by atoms with Crippen molar-refractivity contribution in [2.45, 2.75) is 20.8 Å². The smallest absolute Gasteiger partial charge is 0.255 e. The Hall–Kier alpha value is -0.870. The van der Waals surface area contributed by atoms with E-state index in [-0.39, 0.29) is 5.91 Å². The van der Waals surface area contributed by atoms with Crippen LogP contribution in [0.3, 0.4) is 0 Å². The van der Waals surface area contributed by atoms with Crippen molar-refractivity contribution in [3.05, 3.63) is 33.8 Å². The highest BCUT2D eigenvalue weighted by Crippen LogP contribution is 2.20. The molecule has 4 heteroatoms. The number of hydrogen-bond donors (Lipinski definition) is 0. The lowest BCUT2D eigenvalue weighted by atomic mass is 10.1. The molecule has 19 heavy (non-hydrogen) atoms. The third-order valence-electron chi connectivity index (χ3n) is 2.79. The summed E-state index contributed by atoms with van der Waals surface area (Å²) in [6.45, 7) is 8.13. The maximum Gasteiger partial charge on any atom is 0.255 e. The first-order valence-corrected chi connectivity index (χ1v) is 7.29. The van der Waals surface area contributed by atoms with Gasteiger partial charge in [0.25, 0.3) is 5.91 Å². The highest BCUT2D eigenvalue weighted by molar-refractivity contribution is 9.10. The van der Waals surface area contributed by atoms with Crippen LogP contribution in [0.2, 0.25) is 0 Å². The number of aryl methyl sites for hydroxylation is 1. The normalized spacial score (nSPS) is 10.8. The second-order valence-corrected chi connectivity index (χ2v) is 5.98. The minimum absolute atomic E-state index is 0.0568. The van der Waals surface area contributed by atoms with Crippen LogP contribution in [-0.4, -0.2) is 37.6 Å². The van der Waals surface area contributed by atoms with Gasteiger partial charge in [0.1, 0.15) is 0 Å². The van der Waals surface area contributed by atoms with Gasteiger partial charge in [0, 0.05) is 24.7 Å². The number of methoxy groups -OCH3 is 1. The van der Waals surface area contributed by atoms with Gasteiger partial charge < -0.3 is 9.64 Å². The molecule has 0 unspecified atom stereocenters. The molecule has 0 atom stereocenters. The van der Waals surface area contributed by atoms with E-state index in [4.69, 9.17) is 4.74 Å². The van der Waals surface area contributed by atoms with Crippen LogP contribution in [0.4, 0.5) is 0 Å². The Bertz CT molecular complexity index is 432. The SMILES string of the molecule is COCCN(CC(C)C)C(=O)c1cc(C)ccc1Br. The number of rotatable bonds is 6. The predicted octanol–water partition coefficient (Wildman–Crippen LogP) is 3.50. The molecule has 0 N–H and O–H groups in total. The number of nitrogens with zero attached hydrogens (tertiary/aromatic N) is 1. The number of ether oxygens (including phenoxy) is 1. The van der Waals surface area contributed by atoms with Gasteiger partial charge in [0.15, 0.2) is 0 Å². The Morgan fingerprint density at radius 2 is 2.11 bits per heavy atom. The van der Waals surface area contributed by atoms with Crippen LogP contribution in [0.5, 0.6) is 0 Å². The summed E-state index contributed by atoms with van der Waals surface area (Å²) in [7, 11) is 1.65. The highest BCUT2D eigenvalue weighted by atomic mass is 79.9. The van der Waals surface area contributed by atoms with Gasteiger partial charge in [-0.1, -0.05) is 25.5 Å². The molecule has 0 heterocycles. The maximum absolute atomic E-state index is 12.6. The van der Waals surface area contributed by atoms with Crippen molar-refractivity contribution in [1.82, 2.24) is 4.90 Å². The molecule has 0 saturated heterocycles. The average Bonchev–Trinajstić information content (AvgIpc) is 2.36. The summed E-state index contributed by atoms with van der Waals surface area (Å²) < 4.78 is 5.93. The molecule has 3 nitrogen and oxygen atoms in total. The summed E-state index contributed by atoms with van der Waals surface area (Å²) in [5.41, 5.74) is 1.81. The lowest BCUT2D eigenvalue weighted by Gasteiger charge is -2.25. The number of amides is 1. The fraction of sp³-hybridized carbons (Fsp3) is 0.533. The molecule has 0 fully saturated rings. The van der Waals surface area contributed by atoms with E-state index >= 15 is 0 Å². The molecule has 0 aliphatic carbocycles. The molecule has 1 aromatic rings. The van der Waals surface area contributed by atoms with Crippen LogP contribution in [0.1, 0.15) is 29.8 Å². The molecule has 0 aromatic heterocycles. The summed E-state index contributed by atoms with van der Waals surface area (Å²) in [6, 6.07) is 5.84. The minimum Gasteiger partial charge on any atom is -0.383 e. The Balaban J connectivity index is 2.93. The summed E-state index contributed by atoms with van der Waals surface area (Å²) in [4.78, 5) is 14.5. The summed E-state index contributed by atoms with van der Waals surface area (Å²) >= 11 is 3.46. The van der Waals surface area contributed by atoms with Crippen LogP contribution >= 0.6 is 15.9 Å². The van der Waals surface area contributed by atoms with Crippen molar-refractivity contribution < 1.29 is 9.53 Å². The standard InChI is InChI=1S/C15H22BrNO2/c1-11(2)10-17(7-8-19-4)15(18)13-9-12(3)5-6-14(13)16/h5-6,9,11H,7-8,10H2,1-4H3. The molecule has 1 aromatic carbocycles. The van der Waals surface area contributed by atoms with Crippen LogP contribution in [0, 0.1) is 12.8 Å². The second-order valence-electron chi connectivity index (χ2n) is 5.12. The van der Waals surface area contributed by atoms with E-state index in [0.29, 0.717) is 19.1 Å². The fourth-order valence-electron chi connectivity index (χ4n) is 1.89. The van der Waals surface area contributed by atoms with Crippen LogP contribution in [0.15, 0.2) is 22.7 Å². The number of benzene rings is 1. The van der Waals surface area contributed by atoms with E-state index in [2.05, 4.69) is 29.8 Å². The minimum atomic E-state index is 0.0568. The molecule has 0 bridgehead atoms. The van der Waals surface area contributed by atoms with Gasteiger partial charge in [-0.3, -0.25) is 4.79 Å². The van der Waals surface area contributed by atoms with Crippen LogP contribution in [0.25, 0.3) is 0 Å². The molecular formula is C15H22BrNO2. The van der Waals surface area contributed by atoms with Crippen molar-refractivity contribution in [1.29, 1.82) is 0 Å². The second kappa shape index (κ2) is 7.65. The van der Waals surface area contributed by atoms with E-state index in [0.717, 1.165) is 22.1 Å². The summed E-state index contributed by atoms with van der Waals surface area (Å²) in [5, 5.41) is 0. The van der Waals surface area contributed by atoms with Gasteiger partial charge in [-0.15, -0.1) is 0 Å². The number of carbonyl (C=O) groups excluding carboxylic acids is 1. The van der Waals surface area contributed by atoms with Crippen molar-refractivity contribution in [2.75, 3.05) is 26.8 Å². The Kier molecular flexibility index (Phi) is 6.52. The van der Waals surface area contributed by atoms with E-state index in [1.807, 2.05) is 30.0 Å². The van der Waals surface area contributed by atoms with Gasteiger partial charge in [0.2, 0.25) is 0 Å². The average molecular weight is 328 g/mol. The fourth-order valence-corrected chi connectivity index (χ4v) is 2.31. The molecule has 1 amide bonds. The van der Waals surface area contributed by atoms with E-state index in [9.17, 15) is 4.79 Å². The van der Waals surface area contributed by atoms with Crippen LogP contribution < -0.4 is 0 Å². The zero-order valence-electron chi connectivity index (χ0n) is 12.1. The monoisotopic (exact) mass is 327 g/mol. The van der Waals surface area contributed by atoms with Gasteiger partial charge in [-0.2, -0.15) is 0 Å². The number of halogens is 1. The van der Waals surface area contributed by atoms with Crippen molar-refractivity contribution in [2.24, 2.45) is 5.92 Å². The lowest BCUT2D eigenvalue weighted by Crippen LogP contribution is -2.37. The first kappa shape index (κ1) is 16.2. The molecule has 0 spiro atoms. The van der Waals surface area contributed by atoms with Crippen LogP contribution in [-0.2, 0) is 4.74 Å². The molecule has 1 rings (SSSR count). The number of hydrogen-bond acceptors (Lipinski definition) is 2. The quantitative estimate of drug-likeness (QED) is 0.800. The predicted molar refractivity (Wildman–Crippen MR) is 81.5 cm³/mol. The maximum atomic E-state index is 12.6. The van der Waals surface area contributed by atoms with Crippen molar-refractivity contribution in [3.8, 4) is 0 Å². The lowest BCUT2D eigenvalue weighted by molar-refractivity contribution is 0.0671. The van der Waals surface area contributed by atoms with Crippen molar-refractivity contribution >= 4 is 21.8 Å². The molecule has 0 radical (unpaired) electrons. The van der Waals surface area contributed by atoms with Gasteiger partial charge in [-0.05, 0) is 40.9 Å². The Morgan fingerprint density at radius 1 is 1.42 bits per heavy atom. The molecule has 0 aliphatic rings. The summed E-state index contributed by atoms with van der Waals surface area (Å²) in [5.74, 6) is 0.491. The van der Waals surface area contributed by atoms with E-state index < -0.39 is 0 Å². The highest BCUT2D eigenvalue weighted by Gasteiger charge is 2.19. The third-order valence-corrected chi connectivity index (χ3v) is 3.48. The topological polar surface area (TPSA) is 29.5 Å². The number of carbonyl (C=O) groups is 1. The third kappa shape index (κ3) is 4.96. The molecule has 106 valence electrons. The van der Waals surface area contributed by atoms with Gasteiger partial charge in [-0.25, -0.2) is 0 Å². The van der Waals surface area contributed by atoms with Gasteiger partial charge >= 0.3 is 0 Å². The van der Waals surface area contributed by atoms with E-state index in [1.54, 1.807) is 7.11 Å². The molecule has 0 saturated carbocycles. The first-order chi connectivity index (χ1) is 8.95. The van der Waals surface area contributed by atoms with E-state index in [1.165, 1.54) is 0 Å². The first-order valence-electron chi connectivity index (χ1n) is 6.50. The summed E-state index contributed by atoms with van der Waals surface area (Å²) in [6.07, 6.45) is 0. The zero-order chi connectivity index (χ0) is 14.4. The largest absolute Gasteiger partial charge is 0.383 e. The zero-order valence-corrected chi connectivity index (χ0v) is 13.7. The Labute approximate surface area is 124 Å².